The van der Waals surface area contributed by atoms with E-state index in [0.717, 1.165) is 42.4 Å². The van der Waals surface area contributed by atoms with Crippen LogP contribution in [0.15, 0.2) is 42.3 Å². The minimum absolute atomic E-state index is 0.0647. The molecular formula is C25H32N2O5. The molecule has 2 aromatic rings. The first-order valence-electron chi connectivity index (χ1n) is 11.6. The van der Waals surface area contributed by atoms with E-state index in [2.05, 4.69) is 0 Å². The molecule has 1 amide bonds. The van der Waals surface area contributed by atoms with Crippen LogP contribution in [0.25, 0.3) is 10.9 Å². The highest BCUT2D eigenvalue weighted by molar-refractivity contribution is 5.95. The monoisotopic (exact) mass is 440 g/mol. The summed E-state index contributed by atoms with van der Waals surface area (Å²) >= 11 is 0. The number of benzene rings is 1. The third-order valence-electron chi connectivity index (χ3n) is 6.46. The summed E-state index contributed by atoms with van der Waals surface area (Å²) in [6.07, 6.45) is 6.47. The lowest BCUT2D eigenvalue weighted by atomic mass is 9.80. The molecule has 2 aliphatic rings. The van der Waals surface area contributed by atoms with Crippen molar-refractivity contribution >= 4 is 22.7 Å². The Morgan fingerprint density at radius 3 is 2.66 bits per heavy atom. The maximum Gasteiger partial charge on any atom is 0.288 e. The van der Waals surface area contributed by atoms with Gasteiger partial charge in [0.1, 0.15) is 0 Å². The number of ether oxygens (including phenoxy) is 2. The number of aliphatic hydroxyl groups is 1. The number of aliphatic hydroxyl groups excluding tert-OH is 1. The van der Waals surface area contributed by atoms with Crippen LogP contribution in [0.3, 0.4) is 0 Å². The minimum atomic E-state index is -0.595. The van der Waals surface area contributed by atoms with E-state index < -0.39 is 6.29 Å². The van der Waals surface area contributed by atoms with Crippen molar-refractivity contribution in [3.63, 3.8) is 0 Å². The smallest absolute Gasteiger partial charge is 0.288 e. The largest absolute Gasteiger partial charge is 0.459 e. The first-order chi connectivity index (χ1) is 15.5. The van der Waals surface area contributed by atoms with Crippen LogP contribution < -0.4 is 0 Å². The van der Waals surface area contributed by atoms with Crippen LogP contribution >= 0.6 is 0 Å². The molecule has 1 N–H and O–H groups in total. The highest BCUT2D eigenvalue weighted by Crippen LogP contribution is 2.42. The van der Waals surface area contributed by atoms with E-state index in [1.165, 1.54) is 0 Å². The van der Waals surface area contributed by atoms with Gasteiger partial charge in [-0.2, -0.15) is 0 Å². The summed E-state index contributed by atoms with van der Waals surface area (Å²) in [5.74, 6) is -0.129. The van der Waals surface area contributed by atoms with Crippen LogP contribution in [0.5, 0.6) is 0 Å². The van der Waals surface area contributed by atoms with Crippen molar-refractivity contribution in [3.05, 3.63) is 47.9 Å². The fourth-order valence-electron chi connectivity index (χ4n) is 4.92. The van der Waals surface area contributed by atoms with Gasteiger partial charge in [-0.05, 0) is 50.3 Å². The van der Waals surface area contributed by atoms with Gasteiger partial charge in [0.2, 0.25) is 12.2 Å². The number of nitrogens with zero attached hydrogens (tertiary/aromatic N) is 2. The van der Waals surface area contributed by atoms with E-state index in [1.807, 2.05) is 48.4 Å². The first-order valence-corrected chi connectivity index (χ1v) is 11.6. The summed E-state index contributed by atoms with van der Waals surface area (Å²) in [6.45, 7) is 5.45. The van der Waals surface area contributed by atoms with Crippen molar-refractivity contribution in [1.29, 1.82) is 0 Å². The van der Waals surface area contributed by atoms with E-state index >= 15 is 0 Å². The highest BCUT2D eigenvalue weighted by atomic mass is 16.7. The molecule has 7 heteroatoms. The fraction of sp³-hybridized carbons (Fsp3) is 0.520. The third kappa shape index (κ3) is 4.32. The number of para-hydroxylation sites is 1. The SMILES string of the molecule is CCO[C@@H]1OC(C(=O)N2CCCC2)=C[C@H](c2cn(C(C)=O)c3ccccc23)[C@@H]1CCCO. The second-order valence-electron chi connectivity index (χ2n) is 8.52. The number of rotatable bonds is 7. The number of amides is 1. The molecule has 32 heavy (non-hydrogen) atoms. The predicted molar refractivity (Wildman–Crippen MR) is 121 cm³/mol. The molecule has 0 bridgehead atoms. The van der Waals surface area contributed by atoms with Crippen molar-refractivity contribution in [2.75, 3.05) is 26.3 Å². The molecule has 4 rings (SSSR count). The second-order valence-corrected chi connectivity index (χ2v) is 8.52. The van der Waals surface area contributed by atoms with Gasteiger partial charge in [-0.1, -0.05) is 18.2 Å². The van der Waals surface area contributed by atoms with Gasteiger partial charge in [-0.3, -0.25) is 14.2 Å². The van der Waals surface area contributed by atoms with Crippen LogP contribution in [0.1, 0.15) is 55.8 Å². The molecule has 0 aliphatic carbocycles. The maximum absolute atomic E-state index is 13.2. The number of fused-ring (bicyclic) bond motifs is 1. The number of likely N-dealkylation sites (tertiary alicyclic amines) is 1. The van der Waals surface area contributed by atoms with E-state index in [9.17, 15) is 14.7 Å². The third-order valence-corrected chi connectivity index (χ3v) is 6.46. The fourth-order valence-corrected chi connectivity index (χ4v) is 4.92. The average molecular weight is 441 g/mol. The second kappa shape index (κ2) is 9.88. The molecule has 1 saturated heterocycles. The Kier molecular flexibility index (Phi) is 6.96. The standard InChI is InChI=1S/C25H32N2O5/c1-3-31-25-19(10-8-14-28)20(15-23(32-25)24(30)26-12-6-7-13-26)21-16-27(17(2)29)22-11-5-4-9-18(21)22/h4-5,9,11,15-16,19-20,25,28H,3,6-8,10,12-14H2,1-2H3/t19-,20-,25+/m0/s1. The van der Waals surface area contributed by atoms with E-state index in [0.29, 0.717) is 25.2 Å². The number of carbonyl (C=O) groups excluding carboxylic acids is 2. The van der Waals surface area contributed by atoms with Gasteiger partial charge in [0.15, 0.2) is 5.76 Å². The Balaban J connectivity index is 1.82. The van der Waals surface area contributed by atoms with Crippen molar-refractivity contribution < 1.29 is 24.2 Å². The van der Waals surface area contributed by atoms with Crippen molar-refractivity contribution in [2.45, 2.75) is 51.7 Å². The molecule has 1 aromatic heterocycles. The Bertz CT molecular complexity index is 1000. The molecule has 7 nitrogen and oxygen atoms in total. The van der Waals surface area contributed by atoms with Crippen LogP contribution in [0.2, 0.25) is 0 Å². The lowest BCUT2D eigenvalue weighted by Gasteiger charge is -2.37. The quantitative estimate of drug-likeness (QED) is 0.711. The van der Waals surface area contributed by atoms with Gasteiger partial charge in [-0.15, -0.1) is 0 Å². The Hall–Kier alpha value is -2.64. The topological polar surface area (TPSA) is 81.0 Å². The molecule has 0 unspecified atom stereocenters. The first kappa shape index (κ1) is 22.6. The Morgan fingerprint density at radius 2 is 1.97 bits per heavy atom. The zero-order valence-electron chi connectivity index (χ0n) is 18.8. The Labute approximate surface area is 188 Å². The highest BCUT2D eigenvalue weighted by Gasteiger charge is 2.40. The molecule has 0 radical (unpaired) electrons. The molecular weight excluding hydrogens is 408 g/mol. The van der Waals surface area contributed by atoms with Crippen LogP contribution in [0, 0.1) is 5.92 Å². The number of hydrogen-bond donors (Lipinski definition) is 1. The van der Waals surface area contributed by atoms with Gasteiger partial charge >= 0.3 is 0 Å². The summed E-state index contributed by atoms with van der Waals surface area (Å²) in [5, 5.41) is 10.5. The van der Waals surface area contributed by atoms with Crippen molar-refractivity contribution in [1.82, 2.24) is 9.47 Å². The van der Waals surface area contributed by atoms with Gasteiger partial charge in [0, 0.05) is 56.6 Å². The summed E-state index contributed by atoms with van der Waals surface area (Å²) in [5.41, 5.74) is 1.81. The zero-order chi connectivity index (χ0) is 22.7. The molecule has 1 aromatic carbocycles. The molecule has 1 fully saturated rings. The molecule has 2 aliphatic heterocycles. The van der Waals surface area contributed by atoms with E-state index in [1.54, 1.807) is 11.5 Å². The maximum atomic E-state index is 13.2. The van der Waals surface area contributed by atoms with Crippen molar-refractivity contribution in [3.8, 4) is 0 Å². The van der Waals surface area contributed by atoms with Gasteiger partial charge in [-0.25, -0.2) is 0 Å². The lowest BCUT2D eigenvalue weighted by Crippen LogP contribution is -2.39. The van der Waals surface area contributed by atoms with E-state index in [4.69, 9.17) is 9.47 Å². The molecule has 3 heterocycles. The lowest BCUT2D eigenvalue weighted by molar-refractivity contribution is -0.169. The molecule has 172 valence electrons. The van der Waals surface area contributed by atoms with Crippen LogP contribution in [0.4, 0.5) is 0 Å². The zero-order valence-corrected chi connectivity index (χ0v) is 18.8. The molecule has 3 atom stereocenters. The molecule has 0 saturated carbocycles. The average Bonchev–Trinajstić information content (AvgIpc) is 3.46. The van der Waals surface area contributed by atoms with E-state index in [-0.39, 0.29) is 30.3 Å². The van der Waals surface area contributed by atoms with Gasteiger partial charge in [0.05, 0.1) is 5.52 Å². The summed E-state index contributed by atoms with van der Waals surface area (Å²) in [7, 11) is 0. The normalized spacial score (nSPS) is 23.3. The number of carbonyl (C=O) groups is 2. The number of hydrogen-bond acceptors (Lipinski definition) is 5. The van der Waals surface area contributed by atoms with Gasteiger partial charge < -0.3 is 19.5 Å². The minimum Gasteiger partial charge on any atom is -0.459 e. The number of allylic oxidation sites excluding steroid dienone is 1. The van der Waals surface area contributed by atoms with Crippen LogP contribution in [-0.2, 0) is 14.3 Å². The Morgan fingerprint density at radius 1 is 1.22 bits per heavy atom. The predicted octanol–water partition coefficient (Wildman–Crippen LogP) is 3.67. The number of aromatic nitrogens is 1. The summed E-state index contributed by atoms with van der Waals surface area (Å²) < 4.78 is 13.7. The summed E-state index contributed by atoms with van der Waals surface area (Å²) in [4.78, 5) is 27.4. The van der Waals surface area contributed by atoms with Crippen molar-refractivity contribution in [2.24, 2.45) is 5.92 Å². The molecule has 0 spiro atoms. The summed E-state index contributed by atoms with van der Waals surface area (Å²) in [6, 6.07) is 7.81. The van der Waals surface area contributed by atoms with Crippen LogP contribution in [-0.4, -0.2) is 59.0 Å². The van der Waals surface area contributed by atoms with Gasteiger partial charge in [0.25, 0.3) is 5.91 Å².